The molecule has 3 heteroatoms. The molecule has 0 unspecified atom stereocenters. The van der Waals surface area contributed by atoms with Crippen LogP contribution in [-0.4, -0.2) is 28.7 Å². The van der Waals surface area contributed by atoms with Gasteiger partial charge in [-0.1, -0.05) is 36.6 Å². The van der Waals surface area contributed by atoms with Crippen LogP contribution in [0.15, 0.2) is 55.1 Å². The molecule has 2 aromatic carbocycles. The average Bonchev–Trinajstić information content (AvgIpc) is 2.60. The first kappa shape index (κ1) is 17.3. The maximum Gasteiger partial charge on any atom is 0.124 e. The zero-order valence-electron chi connectivity index (χ0n) is 14.4. The zero-order valence-corrected chi connectivity index (χ0v) is 14.4. The van der Waals surface area contributed by atoms with Crippen LogP contribution in [0.2, 0.25) is 0 Å². The Morgan fingerprint density at radius 3 is 2.36 bits per heavy atom. The molecule has 128 valence electrons. The number of nitrogens with zero attached hydrogens (tertiary/aromatic N) is 1. The van der Waals surface area contributed by atoms with Gasteiger partial charge in [-0.15, -0.1) is 0 Å². The molecule has 0 aromatic heterocycles. The lowest BCUT2D eigenvalue weighted by molar-refractivity contribution is 0.00795. The third kappa shape index (κ3) is 4.49. The first-order chi connectivity index (χ1) is 11.9. The van der Waals surface area contributed by atoms with Gasteiger partial charge < -0.3 is 10.0 Å². The van der Waals surface area contributed by atoms with Crippen molar-refractivity contribution >= 4 is 5.70 Å². The molecule has 1 aliphatic rings. The van der Waals surface area contributed by atoms with E-state index in [0.717, 1.165) is 42.8 Å². The van der Waals surface area contributed by atoms with Crippen LogP contribution in [0.4, 0.5) is 4.39 Å². The van der Waals surface area contributed by atoms with Gasteiger partial charge in [0.2, 0.25) is 0 Å². The molecule has 0 atom stereocenters. The Morgan fingerprint density at radius 2 is 1.72 bits per heavy atom. The van der Waals surface area contributed by atoms with Crippen LogP contribution in [0.1, 0.15) is 36.5 Å². The van der Waals surface area contributed by atoms with Gasteiger partial charge in [-0.25, -0.2) is 4.39 Å². The Bertz CT molecular complexity index is 817. The molecule has 1 aliphatic heterocycles. The van der Waals surface area contributed by atoms with Crippen molar-refractivity contribution in [1.29, 1.82) is 0 Å². The second-order valence-electron chi connectivity index (χ2n) is 6.77. The molecule has 1 saturated heterocycles. The zero-order chi connectivity index (χ0) is 17.9. The molecule has 1 fully saturated rings. The molecule has 25 heavy (non-hydrogen) atoms. The number of rotatable bonds is 2. The minimum absolute atomic E-state index is 0.279. The van der Waals surface area contributed by atoms with E-state index >= 15 is 0 Å². The number of hydrogen-bond donors (Lipinski definition) is 1. The van der Waals surface area contributed by atoms with Gasteiger partial charge in [-0.2, -0.15) is 0 Å². The van der Waals surface area contributed by atoms with E-state index in [1.165, 1.54) is 12.1 Å². The molecule has 0 saturated carbocycles. The van der Waals surface area contributed by atoms with Crippen LogP contribution in [0.3, 0.4) is 0 Å². The van der Waals surface area contributed by atoms with Crippen LogP contribution in [-0.2, 0) is 0 Å². The topological polar surface area (TPSA) is 23.5 Å². The smallest absolute Gasteiger partial charge is 0.124 e. The van der Waals surface area contributed by atoms with Crippen molar-refractivity contribution in [1.82, 2.24) is 4.90 Å². The highest BCUT2D eigenvalue weighted by Gasteiger charge is 2.27. The highest BCUT2D eigenvalue weighted by atomic mass is 19.1. The Hall–Kier alpha value is -2.57. The molecular weight excluding hydrogens is 313 g/mol. The van der Waals surface area contributed by atoms with Gasteiger partial charge in [-0.3, -0.25) is 0 Å². The van der Waals surface area contributed by atoms with Crippen molar-refractivity contribution in [3.63, 3.8) is 0 Å². The SMILES string of the molecule is C=C(c1ccc(C#Cc2cccc(F)c2)cc1)N1CCC(C)(O)CC1. The molecule has 1 heterocycles. The first-order valence-corrected chi connectivity index (χ1v) is 8.47. The Morgan fingerprint density at radius 1 is 1.08 bits per heavy atom. The first-order valence-electron chi connectivity index (χ1n) is 8.47. The van der Waals surface area contributed by atoms with E-state index in [9.17, 15) is 9.50 Å². The summed E-state index contributed by atoms with van der Waals surface area (Å²) in [7, 11) is 0. The van der Waals surface area contributed by atoms with Gasteiger partial charge in [0.15, 0.2) is 0 Å². The van der Waals surface area contributed by atoms with Crippen molar-refractivity contribution in [3.8, 4) is 11.8 Å². The quantitative estimate of drug-likeness (QED) is 0.837. The number of aliphatic hydroxyl groups is 1. The molecule has 1 N–H and O–H groups in total. The van der Waals surface area contributed by atoms with Crippen LogP contribution < -0.4 is 0 Å². The molecule has 0 bridgehead atoms. The largest absolute Gasteiger partial charge is 0.390 e. The second kappa shape index (κ2) is 7.13. The van der Waals surface area contributed by atoms with Gasteiger partial charge >= 0.3 is 0 Å². The van der Waals surface area contributed by atoms with E-state index in [1.807, 2.05) is 31.2 Å². The lowest BCUT2D eigenvalue weighted by Gasteiger charge is -2.38. The number of piperidine rings is 1. The molecule has 0 radical (unpaired) electrons. The predicted octanol–water partition coefficient (Wildman–Crippen LogP) is 4.04. The van der Waals surface area contributed by atoms with Crippen LogP contribution in [0, 0.1) is 17.7 Å². The Balaban J connectivity index is 1.67. The van der Waals surface area contributed by atoms with Crippen molar-refractivity contribution in [3.05, 3.63) is 77.6 Å². The molecule has 3 rings (SSSR count). The molecule has 2 nitrogen and oxygen atoms in total. The fourth-order valence-electron chi connectivity index (χ4n) is 2.90. The number of benzene rings is 2. The van der Waals surface area contributed by atoms with Crippen molar-refractivity contribution in [2.24, 2.45) is 0 Å². The summed E-state index contributed by atoms with van der Waals surface area (Å²) in [6.07, 6.45) is 1.51. The summed E-state index contributed by atoms with van der Waals surface area (Å²) in [6.45, 7) is 7.71. The van der Waals surface area contributed by atoms with E-state index < -0.39 is 5.60 Å². The summed E-state index contributed by atoms with van der Waals surface area (Å²) in [5.74, 6) is 5.75. The molecular formula is C22H22FNO. The normalized spacial score (nSPS) is 16.0. The van der Waals surface area contributed by atoms with Gasteiger partial charge in [-0.05, 0) is 55.7 Å². The Kier molecular flexibility index (Phi) is 4.92. The van der Waals surface area contributed by atoms with Crippen LogP contribution in [0.25, 0.3) is 5.70 Å². The Labute approximate surface area is 148 Å². The van der Waals surface area contributed by atoms with E-state index in [0.29, 0.717) is 5.56 Å². The van der Waals surface area contributed by atoms with Crippen LogP contribution >= 0.6 is 0 Å². The second-order valence-corrected chi connectivity index (χ2v) is 6.77. The lowest BCUT2D eigenvalue weighted by Crippen LogP contribution is -2.41. The maximum absolute atomic E-state index is 13.2. The lowest BCUT2D eigenvalue weighted by atomic mass is 9.93. The summed E-state index contributed by atoms with van der Waals surface area (Å²) in [4.78, 5) is 2.21. The maximum atomic E-state index is 13.2. The fraction of sp³-hybridized carbons (Fsp3) is 0.273. The van der Waals surface area contributed by atoms with Crippen molar-refractivity contribution < 1.29 is 9.50 Å². The monoisotopic (exact) mass is 335 g/mol. The third-order valence-electron chi connectivity index (χ3n) is 4.62. The van der Waals surface area contributed by atoms with E-state index in [1.54, 1.807) is 12.1 Å². The fourth-order valence-corrected chi connectivity index (χ4v) is 2.90. The van der Waals surface area contributed by atoms with Gasteiger partial charge in [0.05, 0.1) is 5.60 Å². The van der Waals surface area contributed by atoms with Gasteiger partial charge in [0.1, 0.15) is 5.82 Å². The van der Waals surface area contributed by atoms with Crippen LogP contribution in [0.5, 0.6) is 0 Å². The van der Waals surface area contributed by atoms with E-state index in [-0.39, 0.29) is 5.82 Å². The highest BCUT2D eigenvalue weighted by molar-refractivity contribution is 5.63. The van der Waals surface area contributed by atoms with Gasteiger partial charge in [0.25, 0.3) is 0 Å². The summed E-state index contributed by atoms with van der Waals surface area (Å²) < 4.78 is 13.2. The number of likely N-dealkylation sites (tertiary alicyclic amines) is 1. The summed E-state index contributed by atoms with van der Waals surface area (Å²) in [6, 6.07) is 14.2. The van der Waals surface area contributed by atoms with Crippen molar-refractivity contribution in [2.45, 2.75) is 25.4 Å². The average molecular weight is 335 g/mol. The minimum Gasteiger partial charge on any atom is -0.390 e. The molecule has 0 spiro atoms. The summed E-state index contributed by atoms with van der Waals surface area (Å²) in [5, 5.41) is 10.1. The standard InChI is InChI=1S/C22H22FNO/c1-17(24-14-12-22(2,25)13-15-24)20-10-8-18(9-11-20)6-7-19-4-3-5-21(23)16-19/h3-5,8-11,16,25H,1,12-15H2,2H3. The van der Waals surface area contributed by atoms with Gasteiger partial charge in [0, 0.05) is 29.9 Å². The molecule has 0 aliphatic carbocycles. The van der Waals surface area contributed by atoms with E-state index in [2.05, 4.69) is 23.3 Å². The van der Waals surface area contributed by atoms with Crippen molar-refractivity contribution in [2.75, 3.05) is 13.1 Å². The van der Waals surface area contributed by atoms with E-state index in [4.69, 9.17) is 0 Å². The molecule has 2 aromatic rings. The summed E-state index contributed by atoms with van der Waals surface area (Å²) in [5.41, 5.74) is 3.00. The third-order valence-corrected chi connectivity index (χ3v) is 4.62. The highest BCUT2D eigenvalue weighted by Crippen LogP contribution is 2.27. The minimum atomic E-state index is -0.562. The number of hydrogen-bond acceptors (Lipinski definition) is 2. The predicted molar refractivity (Wildman–Crippen MR) is 99.3 cm³/mol. The number of halogens is 1. The molecule has 0 amide bonds. The summed E-state index contributed by atoms with van der Waals surface area (Å²) >= 11 is 0.